The molecule has 11 nitrogen and oxygen atoms in total. The van der Waals surface area contributed by atoms with Gasteiger partial charge in [0, 0.05) is 12.2 Å². The van der Waals surface area contributed by atoms with E-state index in [9.17, 15) is 29.1 Å². The van der Waals surface area contributed by atoms with Crippen LogP contribution in [0.1, 0.15) is 12.5 Å². The van der Waals surface area contributed by atoms with Crippen LogP contribution in [0.15, 0.2) is 24.3 Å². The zero-order valence-electron chi connectivity index (χ0n) is 16.9. The summed E-state index contributed by atoms with van der Waals surface area (Å²) in [6.07, 6.45) is 1.86. The number of carbonyl (C=O) groups excluding carboxylic acids is 5. The highest BCUT2D eigenvalue weighted by molar-refractivity contribution is 7.80. The number of benzene rings is 1. The Kier molecular flexibility index (Phi) is 11.1. The minimum absolute atomic E-state index is 0.0496. The van der Waals surface area contributed by atoms with Crippen molar-refractivity contribution in [3.8, 4) is 5.75 Å². The van der Waals surface area contributed by atoms with Gasteiger partial charge in [-0.25, -0.2) is 0 Å². The van der Waals surface area contributed by atoms with Crippen LogP contribution in [-0.2, 0) is 30.4 Å². The number of aromatic hydroxyl groups is 1. The van der Waals surface area contributed by atoms with Crippen molar-refractivity contribution in [3.63, 3.8) is 0 Å². The van der Waals surface area contributed by atoms with Gasteiger partial charge in [0.25, 0.3) is 0 Å². The lowest BCUT2D eigenvalue weighted by Gasteiger charge is -2.17. The average Bonchev–Trinajstić information content (AvgIpc) is 2.74. The van der Waals surface area contributed by atoms with Crippen molar-refractivity contribution >= 4 is 42.5 Å². The fourth-order valence-electron chi connectivity index (χ4n) is 2.29. The molecular weight excluding hydrogens is 426 g/mol. The third kappa shape index (κ3) is 9.96. The Hall–Kier alpha value is -3.12. The molecule has 0 spiro atoms. The number of phenols is 1. The molecular formula is C19H26N5O6S. The predicted octanol–water partition coefficient (Wildman–Crippen LogP) is -2.48. The molecule has 4 amide bonds. The van der Waals surface area contributed by atoms with Crippen LogP contribution in [0, 0.1) is 0 Å². The van der Waals surface area contributed by atoms with Gasteiger partial charge in [-0.05, 0) is 24.6 Å². The molecule has 0 unspecified atom stereocenters. The van der Waals surface area contributed by atoms with Crippen molar-refractivity contribution in [2.45, 2.75) is 31.5 Å². The van der Waals surface area contributed by atoms with E-state index < -0.39 is 48.3 Å². The summed E-state index contributed by atoms with van der Waals surface area (Å²) >= 11 is 4.00. The SMILES string of the molecule is C[C@H](N)C(=O)NCC(=O)N[C@@H](CS)C(=O)NCC(=O)N[C@H]([C]=O)Cc1ccc(O)cc1. The fourth-order valence-corrected chi connectivity index (χ4v) is 2.55. The molecule has 0 bridgehead atoms. The summed E-state index contributed by atoms with van der Waals surface area (Å²) in [5.41, 5.74) is 6.07. The molecule has 1 aromatic carbocycles. The van der Waals surface area contributed by atoms with Gasteiger partial charge in [-0.1, -0.05) is 12.1 Å². The third-order valence-electron chi connectivity index (χ3n) is 3.95. The summed E-state index contributed by atoms with van der Waals surface area (Å²) in [6, 6.07) is 3.34. The van der Waals surface area contributed by atoms with Crippen molar-refractivity contribution < 1.29 is 29.1 Å². The zero-order chi connectivity index (χ0) is 23.4. The second-order valence-electron chi connectivity index (χ2n) is 6.64. The lowest BCUT2D eigenvalue weighted by atomic mass is 10.1. The number of hydrogen-bond acceptors (Lipinski definition) is 8. The first-order chi connectivity index (χ1) is 14.7. The summed E-state index contributed by atoms with van der Waals surface area (Å²) < 4.78 is 0. The van der Waals surface area contributed by atoms with Gasteiger partial charge < -0.3 is 32.1 Å². The molecule has 0 fully saturated rings. The van der Waals surface area contributed by atoms with E-state index in [4.69, 9.17) is 5.73 Å². The Morgan fingerprint density at radius 3 is 2.10 bits per heavy atom. The highest BCUT2D eigenvalue weighted by Crippen LogP contribution is 2.10. The molecule has 0 aliphatic carbocycles. The van der Waals surface area contributed by atoms with Crippen LogP contribution in [0.5, 0.6) is 5.75 Å². The maximum absolute atomic E-state index is 12.2. The topological polar surface area (TPSA) is 180 Å². The maximum atomic E-state index is 12.2. The monoisotopic (exact) mass is 452 g/mol. The molecule has 0 aliphatic heterocycles. The lowest BCUT2D eigenvalue weighted by Crippen LogP contribution is -2.53. The highest BCUT2D eigenvalue weighted by Gasteiger charge is 2.21. The number of nitrogens with one attached hydrogen (secondary N) is 4. The molecule has 3 atom stereocenters. The molecule has 0 saturated carbocycles. The van der Waals surface area contributed by atoms with E-state index in [0.29, 0.717) is 5.56 Å². The van der Waals surface area contributed by atoms with E-state index >= 15 is 0 Å². The molecule has 169 valence electrons. The highest BCUT2D eigenvalue weighted by atomic mass is 32.1. The van der Waals surface area contributed by atoms with Crippen molar-refractivity contribution in [3.05, 3.63) is 29.8 Å². The minimum Gasteiger partial charge on any atom is -0.508 e. The van der Waals surface area contributed by atoms with E-state index in [1.165, 1.54) is 19.1 Å². The van der Waals surface area contributed by atoms with Crippen LogP contribution in [0.4, 0.5) is 0 Å². The van der Waals surface area contributed by atoms with E-state index in [0.717, 1.165) is 0 Å². The van der Waals surface area contributed by atoms with Gasteiger partial charge in [0.15, 0.2) is 0 Å². The molecule has 0 aliphatic rings. The minimum atomic E-state index is -1.04. The Morgan fingerprint density at radius 2 is 1.58 bits per heavy atom. The number of rotatable bonds is 12. The van der Waals surface area contributed by atoms with Crippen LogP contribution < -0.4 is 27.0 Å². The quantitative estimate of drug-likeness (QED) is 0.172. The number of nitrogens with two attached hydrogens (primary N) is 1. The smallest absolute Gasteiger partial charge is 0.243 e. The van der Waals surface area contributed by atoms with E-state index in [1.54, 1.807) is 18.4 Å². The van der Waals surface area contributed by atoms with Gasteiger partial charge in [0.1, 0.15) is 11.8 Å². The van der Waals surface area contributed by atoms with Crippen LogP contribution in [0.25, 0.3) is 0 Å². The molecule has 0 heterocycles. The first kappa shape index (κ1) is 25.9. The molecule has 0 saturated heterocycles. The second kappa shape index (κ2) is 13.2. The number of hydrogen-bond donors (Lipinski definition) is 7. The number of phenolic OH excluding ortho intramolecular Hbond substituents is 1. The average molecular weight is 453 g/mol. The van der Waals surface area contributed by atoms with E-state index in [-0.39, 0.29) is 24.5 Å². The summed E-state index contributed by atoms with van der Waals surface area (Å²) in [5, 5.41) is 18.7. The van der Waals surface area contributed by atoms with Gasteiger partial charge in [0.2, 0.25) is 29.9 Å². The molecule has 1 aromatic rings. The van der Waals surface area contributed by atoms with Crippen molar-refractivity contribution in [2.75, 3.05) is 18.8 Å². The Morgan fingerprint density at radius 1 is 1.03 bits per heavy atom. The zero-order valence-corrected chi connectivity index (χ0v) is 17.8. The predicted molar refractivity (Wildman–Crippen MR) is 115 cm³/mol. The summed E-state index contributed by atoms with van der Waals surface area (Å²) in [5.74, 6) is -2.42. The molecule has 7 N–H and O–H groups in total. The molecule has 12 heteroatoms. The standard InChI is InChI=1S/C19H26N5O6S/c1-11(20)18(29)21-8-17(28)24-15(10-31)19(30)22-7-16(27)23-13(9-25)6-12-2-4-14(26)5-3-12/h2-5,11,13,15,26,31H,6-8,10,20H2,1H3,(H,21,29)(H,22,30)(H,23,27)(H,24,28)/t11-,13-,15-/m0/s1. The van der Waals surface area contributed by atoms with Gasteiger partial charge in [-0.15, -0.1) is 0 Å². The lowest BCUT2D eigenvalue weighted by molar-refractivity contribution is -0.130. The van der Waals surface area contributed by atoms with Gasteiger partial charge in [-0.3, -0.25) is 24.0 Å². The van der Waals surface area contributed by atoms with Crippen LogP contribution in [-0.4, -0.2) is 72.0 Å². The molecule has 1 radical (unpaired) electrons. The first-order valence-electron chi connectivity index (χ1n) is 9.32. The van der Waals surface area contributed by atoms with Gasteiger partial charge in [-0.2, -0.15) is 12.6 Å². The van der Waals surface area contributed by atoms with Crippen LogP contribution in [0.2, 0.25) is 0 Å². The van der Waals surface area contributed by atoms with Crippen molar-refractivity contribution in [1.82, 2.24) is 21.3 Å². The summed E-state index contributed by atoms with van der Waals surface area (Å²) in [6.45, 7) is 0.653. The third-order valence-corrected chi connectivity index (χ3v) is 4.31. The Labute approximate surface area is 184 Å². The first-order valence-corrected chi connectivity index (χ1v) is 9.95. The summed E-state index contributed by atoms with van der Waals surface area (Å²) in [7, 11) is 0. The van der Waals surface area contributed by atoms with E-state index in [1.807, 2.05) is 0 Å². The van der Waals surface area contributed by atoms with E-state index in [2.05, 4.69) is 33.9 Å². The largest absolute Gasteiger partial charge is 0.508 e. The second-order valence-corrected chi connectivity index (χ2v) is 7.00. The number of carbonyl (C=O) groups is 4. The molecule has 0 aromatic heterocycles. The van der Waals surface area contributed by atoms with Gasteiger partial charge in [0.05, 0.1) is 25.2 Å². The normalized spacial score (nSPS) is 13.3. The van der Waals surface area contributed by atoms with Crippen molar-refractivity contribution in [2.24, 2.45) is 5.73 Å². The number of thiol groups is 1. The fraction of sp³-hybridized carbons (Fsp3) is 0.421. The Balaban J connectivity index is 2.45. The summed E-state index contributed by atoms with van der Waals surface area (Å²) in [4.78, 5) is 58.5. The van der Waals surface area contributed by atoms with Gasteiger partial charge >= 0.3 is 0 Å². The van der Waals surface area contributed by atoms with Crippen LogP contribution >= 0.6 is 12.6 Å². The van der Waals surface area contributed by atoms with Crippen LogP contribution in [0.3, 0.4) is 0 Å². The molecule has 1 rings (SSSR count). The molecule has 31 heavy (non-hydrogen) atoms. The van der Waals surface area contributed by atoms with Crippen molar-refractivity contribution in [1.29, 1.82) is 0 Å². The Bertz CT molecular complexity index is 786. The number of amides is 4. The maximum Gasteiger partial charge on any atom is 0.243 e.